The van der Waals surface area contributed by atoms with Crippen LogP contribution in [0.25, 0.3) is 10.1 Å². The van der Waals surface area contributed by atoms with Gasteiger partial charge in [0.15, 0.2) is 17.3 Å². The van der Waals surface area contributed by atoms with Crippen LogP contribution < -0.4 is 15.0 Å². The fourth-order valence-electron chi connectivity index (χ4n) is 3.26. The van der Waals surface area contributed by atoms with Gasteiger partial charge in [0.1, 0.15) is 0 Å². The molecule has 1 aromatic heterocycles. The van der Waals surface area contributed by atoms with Gasteiger partial charge >= 0.3 is 5.97 Å². The Kier molecular flexibility index (Phi) is 6.68. The molecule has 0 radical (unpaired) electrons. The van der Waals surface area contributed by atoms with Gasteiger partial charge in [0.2, 0.25) is 0 Å². The Balaban J connectivity index is 1.55. The van der Waals surface area contributed by atoms with Crippen LogP contribution in [-0.4, -0.2) is 32.0 Å². The van der Waals surface area contributed by atoms with Gasteiger partial charge in [0.05, 0.1) is 25.5 Å². The maximum atomic E-state index is 12.5. The van der Waals surface area contributed by atoms with Gasteiger partial charge in [-0.1, -0.05) is 19.3 Å². The Morgan fingerprint density at radius 1 is 1.04 bits per heavy atom. The van der Waals surface area contributed by atoms with E-state index in [-0.39, 0.29) is 24.7 Å². The molecule has 1 fully saturated rings. The zero-order valence-corrected chi connectivity index (χ0v) is 16.5. The molecule has 0 atom stereocenters. The van der Waals surface area contributed by atoms with Crippen LogP contribution in [0, 0.1) is 0 Å². The van der Waals surface area contributed by atoms with Gasteiger partial charge in [-0.25, -0.2) is 0 Å². The Labute approximate surface area is 162 Å². The Morgan fingerprint density at radius 2 is 1.74 bits per heavy atom. The molecular formula is C20H25NO5S. The van der Waals surface area contributed by atoms with Crippen molar-refractivity contribution in [1.82, 2.24) is 5.48 Å². The second-order valence-electron chi connectivity index (χ2n) is 6.71. The first kappa shape index (κ1) is 19.6. The van der Waals surface area contributed by atoms with Gasteiger partial charge in [0.25, 0.3) is 0 Å². The van der Waals surface area contributed by atoms with E-state index in [2.05, 4.69) is 5.48 Å². The van der Waals surface area contributed by atoms with Crippen LogP contribution in [0.3, 0.4) is 0 Å². The van der Waals surface area contributed by atoms with E-state index in [4.69, 9.17) is 14.3 Å². The third kappa shape index (κ3) is 4.99. The molecule has 1 aliphatic carbocycles. The van der Waals surface area contributed by atoms with Crippen molar-refractivity contribution in [3.63, 3.8) is 0 Å². The van der Waals surface area contributed by atoms with Gasteiger partial charge in [-0.3, -0.25) is 9.59 Å². The number of hydrogen-bond acceptors (Lipinski definition) is 7. The van der Waals surface area contributed by atoms with E-state index in [1.54, 1.807) is 14.2 Å². The number of hydrogen-bond donors (Lipinski definition) is 1. The number of fused-ring (bicyclic) bond motifs is 1. The van der Waals surface area contributed by atoms with Gasteiger partial charge in [-0.15, -0.1) is 11.3 Å². The van der Waals surface area contributed by atoms with Gasteiger partial charge < -0.3 is 14.3 Å². The third-order valence-corrected chi connectivity index (χ3v) is 5.94. The minimum Gasteiger partial charge on any atom is -0.493 e. The van der Waals surface area contributed by atoms with Crippen molar-refractivity contribution >= 4 is 33.2 Å². The normalized spacial score (nSPS) is 14.9. The van der Waals surface area contributed by atoms with E-state index in [9.17, 15) is 9.59 Å². The minimum atomic E-state index is -0.390. The number of rotatable bonds is 8. The molecule has 146 valence electrons. The molecule has 1 heterocycles. The number of ketones is 1. The van der Waals surface area contributed by atoms with Crippen molar-refractivity contribution in [1.29, 1.82) is 0 Å². The lowest BCUT2D eigenvalue weighted by Crippen LogP contribution is -2.33. The lowest BCUT2D eigenvalue weighted by atomic mass is 9.96. The van der Waals surface area contributed by atoms with Crippen LogP contribution in [0.1, 0.15) is 54.6 Å². The zero-order chi connectivity index (χ0) is 19.2. The van der Waals surface area contributed by atoms with Crippen molar-refractivity contribution in [3.8, 4) is 11.5 Å². The monoisotopic (exact) mass is 391 g/mol. The van der Waals surface area contributed by atoms with Crippen LogP contribution in [0.5, 0.6) is 11.5 Å². The number of carbonyl (C=O) groups excluding carboxylic acids is 2. The highest BCUT2D eigenvalue weighted by Crippen LogP contribution is 2.36. The molecule has 2 aromatic rings. The van der Waals surface area contributed by atoms with E-state index in [1.165, 1.54) is 17.8 Å². The Morgan fingerprint density at radius 3 is 2.44 bits per heavy atom. The van der Waals surface area contributed by atoms with Crippen molar-refractivity contribution < 1.29 is 23.9 Å². The first-order valence-corrected chi connectivity index (χ1v) is 10.1. The summed E-state index contributed by atoms with van der Waals surface area (Å²) in [7, 11) is 3.16. The van der Waals surface area contributed by atoms with Crippen LogP contribution >= 0.6 is 11.3 Å². The Hall–Kier alpha value is -2.12. The number of benzene rings is 1. The van der Waals surface area contributed by atoms with Crippen LogP contribution in [0.4, 0.5) is 0 Å². The topological polar surface area (TPSA) is 73.9 Å². The lowest BCUT2D eigenvalue weighted by molar-refractivity contribution is -0.153. The first-order valence-electron chi connectivity index (χ1n) is 9.24. The molecule has 6 nitrogen and oxygen atoms in total. The van der Waals surface area contributed by atoms with Gasteiger partial charge in [-0.05, 0) is 30.4 Å². The van der Waals surface area contributed by atoms with Gasteiger partial charge in [-0.2, -0.15) is 5.48 Å². The molecule has 7 heteroatoms. The number of carbonyl (C=O) groups is 2. The highest BCUT2D eigenvalue weighted by Gasteiger charge is 2.17. The van der Waals surface area contributed by atoms with Crippen molar-refractivity contribution in [2.75, 3.05) is 14.2 Å². The first-order chi connectivity index (χ1) is 13.1. The standard InChI is InChI=1S/C20H25NO5S/c1-24-16-10-13-11-19(27-18(13)12-17(16)25-2)15(22)8-9-20(23)26-21-14-6-4-3-5-7-14/h10-12,14,21H,3-9H2,1-2H3. The van der Waals surface area contributed by atoms with Crippen molar-refractivity contribution in [2.45, 2.75) is 51.0 Å². The summed E-state index contributed by atoms with van der Waals surface area (Å²) in [6.07, 6.45) is 5.82. The Bertz CT molecular complexity index is 769. The third-order valence-electron chi connectivity index (χ3n) is 4.80. The molecule has 1 aromatic carbocycles. The lowest BCUT2D eigenvalue weighted by Gasteiger charge is -2.21. The molecule has 0 bridgehead atoms. The van der Waals surface area contributed by atoms with Crippen molar-refractivity contribution in [2.24, 2.45) is 0 Å². The smallest absolute Gasteiger partial charge is 0.325 e. The van der Waals surface area contributed by atoms with Crippen LogP contribution in [0.15, 0.2) is 18.2 Å². The summed E-state index contributed by atoms with van der Waals surface area (Å²) in [5.74, 6) is 0.796. The maximum absolute atomic E-state index is 12.5. The highest BCUT2D eigenvalue weighted by atomic mass is 32.1. The largest absolute Gasteiger partial charge is 0.493 e. The average Bonchev–Trinajstić information content (AvgIpc) is 3.13. The average molecular weight is 391 g/mol. The fourth-order valence-corrected chi connectivity index (χ4v) is 4.30. The van der Waals surface area contributed by atoms with Crippen LogP contribution in [-0.2, 0) is 9.63 Å². The van der Waals surface area contributed by atoms with E-state index >= 15 is 0 Å². The molecule has 0 spiro atoms. The summed E-state index contributed by atoms with van der Waals surface area (Å²) in [5.41, 5.74) is 2.85. The second-order valence-corrected chi connectivity index (χ2v) is 7.79. The number of methoxy groups -OCH3 is 2. The SMILES string of the molecule is COc1cc2cc(C(=O)CCC(=O)ONC3CCCCC3)sc2cc1OC. The molecule has 3 rings (SSSR count). The number of ether oxygens (including phenoxy) is 2. The van der Waals surface area contributed by atoms with E-state index in [0.29, 0.717) is 16.4 Å². The summed E-state index contributed by atoms with van der Waals surface area (Å²) >= 11 is 1.39. The van der Waals surface area contributed by atoms with E-state index < -0.39 is 5.97 Å². The van der Waals surface area contributed by atoms with Gasteiger partial charge in [0, 0.05) is 23.2 Å². The van der Waals surface area contributed by atoms with Crippen LogP contribution in [0.2, 0.25) is 0 Å². The zero-order valence-electron chi connectivity index (χ0n) is 15.7. The summed E-state index contributed by atoms with van der Waals surface area (Å²) in [4.78, 5) is 30.1. The summed E-state index contributed by atoms with van der Waals surface area (Å²) in [6, 6.07) is 5.78. The summed E-state index contributed by atoms with van der Waals surface area (Å²) in [5, 5.41) is 0.919. The highest BCUT2D eigenvalue weighted by molar-refractivity contribution is 7.20. The number of hydroxylamine groups is 1. The molecule has 0 amide bonds. The van der Waals surface area contributed by atoms with E-state index in [1.807, 2.05) is 18.2 Å². The quantitative estimate of drug-likeness (QED) is 0.535. The molecule has 27 heavy (non-hydrogen) atoms. The summed E-state index contributed by atoms with van der Waals surface area (Å²) in [6.45, 7) is 0. The maximum Gasteiger partial charge on any atom is 0.325 e. The molecule has 0 unspecified atom stereocenters. The predicted molar refractivity (Wildman–Crippen MR) is 105 cm³/mol. The molecule has 0 saturated heterocycles. The molecule has 1 aliphatic rings. The second kappa shape index (κ2) is 9.19. The number of Topliss-reactive ketones (excluding diaryl/α,β-unsaturated/α-hetero) is 1. The number of nitrogens with one attached hydrogen (secondary N) is 1. The molecule has 0 aliphatic heterocycles. The van der Waals surface area contributed by atoms with E-state index in [0.717, 1.165) is 35.8 Å². The molecule has 1 N–H and O–H groups in total. The molecule has 1 saturated carbocycles. The summed E-state index contributed by atoms with van der Waals surface area (Å²) < 4.78 is 11.5. The fraction of sp³-hybridized carbons (Fsp3) is 0.500. The predicted octanol–water partition coefficient (Wildman–Crippen LogP) is 4.26. The molecular weight excluding hydrogens is 366 g/mol. The number of thiophene rings is 1. The van der Waals surface area contributed by atoms with Crippen molar-refractivity contribution in [3.05, 3.63) is 23.1 Å². The minimum absolute atomic E-state index is 0.0660.